The maximum Gasteiger partial charge on any atom is 0.244 e. The number of carbonyl (C=O) groups excluding carboxylic acids is 1. The van der Waals surface area contributed by atoms with E-state index in [9.17, 15) is 9.90 Å². The van der Waals surface area contributed by atoms with Crippen LogP contribution in [0.2, 0.25) is 5.02 Å². The molecular formula is C17H18ClNO3. The number of carbonyl (C=O) groups is 1. The number of aliphatic hydroxyl groups is 1. The Labute approximate surface area is 134 Å². The molecule has 2 atom stereocenters. The molecule has 2 unspecified atom stereocenters. The Morgan fingerprint density at radius 2 is 2.09 bits per heavy atom. The van der Waals surface area contributed by atoms with Gasteiger partial charge >= 0.3 is 0 Å². The Kier molecular flexibility index (Phi) is 5.81. The summed E-state index contributed by atoms with van der Waals surface area (Å²) in [6.45, 7) is 1.83. The van der Waals surface area contributed by atoms with Crippen LogP contribution in [0.25, 0.3) is 6.08 Å². The molecule has 0 aliphatic carbocycles. The lowest BCUT2D eigenvalue weighted by molar-refractivity contribution is -0.117. The van der Waals surface area contributed by atoms with Crippen molar-refractivity contribution < 1.29 is 14.3 Å². The fourth-order valence-electron chi connectivity index (χ4n) is 2.03. The molecule has 22 heavy (non-hydrogen) atoms. The third-order valence-corrected chi connectivity index (χ3v) is 3.39. The number of furan rings is 1. The topological polar surface area (TPSA) is 62.5 Å². The number of benzene rings is 1. The molecule has 0 aliphatic rings. The molecule has 0 saturated carbocycles. The van der Waals surface area contributed by atoms with E-state index in [1.54, 1.807) is 30.3 Å². The summed E-state index contributed by atoms with van der Waals surface area (Å²) in [5.41, 5.74) is 0.892. The Balaban J connectivity index is 1.82. The van der Waals surface area contributed by atoms with E-state index >= 15 is 0 Å². The fraction of sp³-hybridized carbons (Fsp3) is 0.235. The van der Waals surface area contributed by atoms with Gasteiger partial charge in [0.15, 0.2) is 0 Å². The SMILES string of the molecule is CC(CC(O)c1ccco1)NC(=O)/C=C/c1ccc(Cl)cc1. The number of aliphatic hydroxyl groups excluding tert-OH is 1. The van der Waals surface area contributed by atoms with Crippen molar-refractivity contribution in [3.63, 3.8) is 0 Å². The molecule has 2 aromatic rings. The van der Waals surface area contributed by atoms with E-state index in [2.05, 4.69) is 5.32 Å². The van der Waals surface area contributed by atoms with E-state index in [1.165, 1.54) is 12.3 Å². The second-order valence-corrected chi connectivity index (χ2v) is 5.50. The minimum Gasteiger partial charge on any atom is -0.467 e. The van der Waals surface area contributed by atoms with Crippen molar-refractivity contribution in [3.05, 3.63) is 65.1 Å². The summed E-state index contributed by atoms with van der Waals surface area (Å²) in [6.07, 6.45) is 4.33. The van der Waals surface area contributed by atoms with E-state index in [1.807, 2.05) is 19.1 Å². The van der Waals surface area contributed by atoms with Crippen molar-refractivity contribution in [1.29, 1.82) is 0 Å². The molecule has 0 spiro atoms. The highest BCUT2D eigenvalue weighted by Gasteiger charge is 2.15. The van der Waals surface area contributed by atoms with Crippen LogP contribution in [-0.2, 0) is 4.79 Å². The van der Waals surface area contributed by atoms with Gasteiger partial charge < -0.3 is 14.8 Å². The molecule has 4 nitrogen and oxygen atoms in total. The zero-order chi connectivity index (χ0) is 15.9. The van der Waals surface area contributed by atoms with E-state index in [-0.39, 0.29) is 11.9 Å². The van der Waals surface area contributed by atoms with Gasteiger partial charge in [0, 0.05) is 23.6 Å². The third kappa shape index (κ3) is 5.06. The summed E-state index contributed by atoms with van der Waals surface area (Å²) < 4.78 is 5.13. The van der Waals surface area contributed by atoms with Gasteiger partial charge in [-0.2, -0.15) is 0 Å². The van der Waals surface area contributed by atoms with Crippen LogP contribution in [0.5, 0.6) is 0 Å². The Hall–Kier alpha value is -2.04. The van der Waals surface area contributed by atoms with Crippen molar-refractivity contribution in [2.75, 3.05) is 0 Å². The Morgan fingerprint density at radius 3 is 2.73 bits per heavy atom. The first-order valence-corrected chi connectivity index (χ1v) is 7.38. The average Bonchev–Trinajstić information content (AvgIpc) is 3.01. The Morgan fingerprint density at radius 1 is 1.36 bits per heavy atom. The Bertz CT molecular complexity index is 620. The molecule has 2 N–H and O–H groups in total. The smallest absolute Gasteiger partial charge is 0.244 e. The lowest BCUT2D eigenvalue weighted by Crippen LogP contribution is -2.32. The summed E-state index contributed by atoms with van der Waals surface area (Å²) in [7, 11) is 0. The maximum absolute atomic E-state index is 11.8. The summed E-state index contributed by atoms with van der Waals surface area (Å²) in [6, 6.07) is 10.4. The predicted octanol–water partition coefficient (Wildman–Crippen LogP) is 3.57. The number of hydrogen-bond acceptors (Lipinski definition) is 3. The first-order valence-electron chi connectivity index (χ1n) is 7.00. The van der Waals surface area contributed by atoms with E-state index in [0.717, 1.165) is 5.56 Å². The molecule has 0 bridgehead atoms. The first-order chi connectivity index (χ1) is 10.5. The van der Waals surface area contributed by atoms with Gasteiger partial charge in [0.05, 0.1) is 6.26 Å². The van der Waals surface area contributed by atoms with Gasteiger partial charge in [-0.1, -0.05) is 23.7 Å². The molecule has 116 valence electrons. The largest absolute Gasteiger partial charge is 0.467 e. The lowest BCUT2D eigenvalue weighted by Gasteiger charge is -2.15. The van der Waals surface area contributed by atoms with Gasteiger partial charge in [0.1, 0.15) is 11.9 Å². The van der Waals surface area contributed by atoms with Gasteiger partial charge in [0.2, 0.25) is 5.91 Å². The van der Waals surface area contributed by atoms with E-state index < -0.39 is 6.10 Å². The summed E-state index contributed by atoms with van der Waals surface area (Å²) in [5, 5.41) is 13.4. The van der Waals surface area contributed by atoms with E-state index in [0.29, 0.717) is 17.2 Å². The second-order valence-electron chi connectivity index (χ2n) is 5.06. The van der Waals surface area contributed by atoms with Crippen LogP contribution < -0.4 is 5.32 Å². The monoisotopic (exact) mass is 319 g/mol. The third-order valence-electron chi connectivity index (χ3n) is 3.13. The summed E-state index contributed by atoms with van der Waals surface area (Å²) >= 11 is 5.80. The molecule has 0 radical (unpaired) electrons. The normalized spacial score (nSPS) is 14.0. The molecule has 1 aromatic heterocycles. The molecule has 2 rings (SSSR count). The second kappa shape index (κ2) is 7.82. The van der Waals surface area contributed by atoms with Crippen LogP contribution in [0.1, 0.15) is 30.8 Å². The fourth-order valence-corrected chi connectivity index (χ4v) is 2.15. The van der Waals surface area contributed by atoms with Crippen molar-refractivity contribution in [1.82, 2.24) is 5.32 Å². The van der Waals surface area contributed by atoms with E-state index in [4.69, 9.17) is 16.0 Å². The zero-order valence-corrected chi connectivity index (χ0v) is 13.0. The highest BCUT2D eigenvalue weighted by atomic mass is 35.5. The molecule has 1 aromatic carbocycles. The molecule has 5 heteroatoms. The molecule has 1 heterocycles. The van der Waals surface area contributed by atoms with Crippen LogP contribution in [0.3, 0.4) is 0 Å². The van der Waals surface area contributed by atoms with Crippen LogP contribution in [0.15, 0.2) is 53.2 Å². The summed E-state index contributed by atoms with van der Waals surface area (Å²) in [5.74, 6) is 0.284. The van der Waals surface area contributed by atoms with Gasteiger partial charge in [-0.05, 0) is 42.8 Å². The van der Waals surface area contributed by atoms with Crippen LogP contribution in [-0.4, -0.2) is 17.1 Å². The number of amides is 1. The standard InChI is InChI=1S/C17H18ClNO3/c1-12(11-15(20)16-3-2-10-22-16)19-17(21)9-6-13-4-7-14(18)8-5-13/h2-10,12,15,20H,11H2,1H3,(H,19,21)/b9-6+. The zero-order valence-electron chi connectivity index (χ0n) is 12.2. The molecule has 0 saturated heterocycles. The minimum absolute atomic E-state index is 0.178. The minimum atomic E-state index is -0.731. The lowest BCUT2D eigenvalue weighted by atomic mass is 10.1. The highest BCUT2D eigenvalue weighted by molar-refractivity contribution is 6.30. The van der Waals surface area contributed by atoms with Crippen molar-refractivity contribution in [3.8, 4) is 0 Å². The molecule has 1 amide bonds. The summed E-state index contributed by atoms with van der Waals surface area (Å²) in [4.78, 5) is 11.8. The number of nitrogens with one attached hydrogen (secondary N) is 1. The quantitative estimate of drug-likeness (QED) is 0.800. The van der Waals surface area contributed by atoms with Gasteiger partial charge in [-0.25, -0.2) is 0 Å². The van der Waals surface area contributed by atoms with Crippen LogP contribution in [0, 0.1) is 0 Å². The maximum atomic E-state index is 11.8. The number of halogens is 1. The predicted molar refractivity (Wildman–Crippen MR) is 86.4 cm³/mol. The van der Waals surface area contributed by atoms with Gasteiger partial charge in [0.25, 0.3) is 0 Å². The van der Waals surface area contributed by atoms with Gasteiger partial charge in [-0.15, -0.1) is 0 Å². The van der Waals surface area contributed by atoms with Crippen LogP contribution >= 0.6 is 11.6 Å². The average molecular weight is 320 g/mol. The van der Waals surface area contributed by atoms with Crippen molar-refractivity contribution in [2.45, 2.75) is 25.5 Å². The number of rotatable bonds is 6. The molecule has 0 aliphatic heterocycles. The van der Waals surface area contributed by atoms with Crippen LogP contribution in [0.4, 0.5) is 0 Å². The number of hydrogen-bond donors (Lipinski definition) is 2. The first kappa shape index (κ1) is 16.3. The van der Waals surface area contributed by atoms with Crippen molar-refractivity contribution >= 4 is 23.6 Å². The molecule has 0 fully saturated rings. The molecular weight excluding hydrogens is 302 g/mol. The highest BCUT2D eigenvalue weighted by Crippen LogP contribution is 2.18. The van der Waals surface area contributed by atoms with Gasteiger partial charge in [-0.3, -0.25) is 4.79 Å². The van der Waals surface area contributed by atoms with Crippen molar-refractivity contribution in [2.24, 2.45) is 0 Å².